The van der Waals surface area contributed by atoms with Gasteiger partial charge in [-0.05, 0) is 51.4 Å². The molecule has 5 nitrogen and oxygen atoms in total. The molecular formula is C57H106O5. The Kier molecular flexibility index (Phi) is 51.8. The van der Waals surface area contributed by atoms with Crippen molar-refractivity contribution in [2.75, 3.05) is 19.8 Å². The Labute approximate surface area is 387 Å². The van der Waals surface area contributed by atoms with Crippen molar-refractivity contribution >= 4 is 11.9 Å². The van der Waals surface area contributed by atoms with Crippen LogP contribution in [0.3, 0.4) is 0 Å². The Balaban J connectivity index is 4.25. The Morgan fingerprint density at radius 2 is 0.726 bits per heavy atom. The van der Waals surface area contributed by atoms with E-state index >= 15 is 0 Å². The molecule has 0 aromatic heterocycles. The Morgan fingerprint density at radius 1 is 0.371 bits per heavy atom. The maximum absolute atomic E-state index is 12.8. The molecule has 0 aromatic carbocycles. The molecular weight excluding hydrogens is 765 g/mol. The van der Waals surface area contributed by atoms with Crippen molar-refractivity contribution in [3.8, 4) is 0 Å². The van der Waals surface area contributed by atoms with Gasteiger partial charge in [0.05, 0.1) is 6.61 Å². The maximum Gasteiger partial charge on any atom is 0.306 e. The van der Waals surface area contributed by atoms with Crippen LogP contribution in [0.5, 0.6) is 0 Å². The van der Waals surface area contributed by atoms with Gasteiger partial charge >= 0.3 is 11.9 Å². The summed E-state index contributed by atoms with van der Waals surface area (Å²) in [6.07, 6.45) is 64.4. The highest BCUT2D eigenvalue weighted by Crippen LogP contribution is 2.16. The fourth-order valence-electron chi connectivity index (χ4n) is 8.12. The van der Waals surface area contributed by atoms with Crippen molar-refractivity contribution in [3.05, 3.63) is 36.5 Å². The third kappa shape index (κ3) is 50.8. The smallest absolute Gasteiger partial charge is 0.306 e. The van der Waals surface area contributed by atoms with E-state index < -0.39 is 6.10 Å². The highest BCUT2D eigenvalue weighted by molar-refractivity contribution is 5.70. The molecule has 0 aliphatic heterocycles. The standard InChI is InChI=1S/C57H106O5/c1-4-7-10-13-16-19-22-25-28-31-34-37-40-43-46-49-52-60-53-55(62-57(59)51-48-45-42-39-36-33-30-27-24-21-18-15-12-9-6-3)54-61-56(58)50-47-44-41-38-35-32-29-26-23-20-17-14-11-8-5-2/h8,11,17,20,26,29,55H,4-7,9-10,12-16,18-19,21-25,27-28,30-54H2,1-3H3/b11-8-,20-17-,29-26-. The quantitative estimate of drug-likeness (QED) is 0.0346. The fraction of sp³-hybridized carbons (Fsp3) is 0.860. The summed E-state index contributed by atoms with van der Waals surface area (Å²) in [6, 6.07) is 0. The van der Waals surface area contributed by atoms with Gasteiger partial charge in [-0.15, -0.1) is 0 Å². The van der Waals surface area contributed by atoms with Crippen LogP contribution in [0.4, 0.5) is 0 Å². The number of rotatable bonds is 51. The summed E-state index contributed by atoms with van der Waals surface area (Å²) in [5.41, 5.74) is 0. The molecule has 0 N–H and O–H groups in total. The number of ether oxygens (including phenoxy) is 3. The molecule has 0 aromatic rings. The minimum Gasteiger partial charge on any atom is -0.462 e. The molecule has 0 saturated carbocycles. The molecule has 1 unspecified atom stereocenters. The molecule has 364 valence electrons. The largest absolute Gasteiger partial charge is 0.462 e. The van der Waals surface area contributed by atoms with Gasteiger partial charge in [-0.25, -0.2) is 0 Å². The average molecular weight is 871 g/mol. The molecule has 0 rings (SSSR count). The highest BCUT2D eigenvalue weighted by Gasteiger charge is 2.17. The van der Waals surface area contributed by atoms with Gasteiger partial charge in [0, 0.05) is 19.4 Å². The second-order valence-electron chi connectivity index (χ2n) is 18.5. The fourth-order valence-corrected chi connectivity index (χ4v) is 8.12. The Morgan fingerprint density at radius 3 is 1.16 bits per heavy atom. The summed E-state index contributed by atoms with van der Waals surface area (Å²) in [4.78, 5) is 25.4. The van der Waals surface area contributed by atoms with Crippen LogP contribution in [0.15, 0.2) is 36.5 Å². The first-order valence-corrected chi connectivity index (χ1v) is 27.5. The molecule has 1 atom stereocenters. The Bertz CT molecular complexity index is 986. The van der Waals surface area contributed by atoms with Gasteiger partial charge in [-0.3, -0.25) is 9.59 Å². The number of carbonyl (C=O) groups excluding carboxylic acids is 2. The lowest BCUT2D eigenvalue weighted by Gasteiger charge is -2.18. The zero-order valence-corrected chi connectivity index (χ0v) is 41.9. The maximum atomic E-state index is 12.8. The van der Waals surface area contributed by atoms with Crippen LogP contribution in [0, 0.1) is 0 Å². The van der Waals surface area contributed by atoms with Gasteiger partial charge in [0.1, 0.15) is 6.61 Å². The molecule has 0 spiro atoms. The minimum atomic E-state index is -0.537. The first kappa shape index (κ1) is 60.1. The number of esters is 2. The lowest BCUT2D eigenvalue weighted by atomic mass is 10.0. The van der Waals surface area contributed by atoms with Crippen LogP contribution >= 0.6 is 0 Å². The monoisotopic (exact) mass is 871 g/mol. The Hall–Kier alpha value is -1.88. The molecule has 0 saturated heterocycles. The van der Waals surface area contributed by atoms with Crippen LogP contribution in [0.1, 0.15) is 290 Å². The van der Waals surface area contributed by atoms with Crippen LogP contribution < -0.4 is 0 Å². The van der Waals surface area contributed by atoms with Crippen molar-refractivity contribution in [2.24, 2.45) is 0 Å². The van der Waals surface area contributed by atoms with Gasteiger partial charge < -0.3 is 14.2 Å². The zero-order chi connectivity index (χ0) is 44.9. The van der Waals surface area contributed by atoms with Crippen LogP contribution in [0.25, 0.3) is 0 Å². The van der Waals surface area contributed by atoms with Crippen LogP contribution in [0.2, 0.25) is 0 Å². The van der Waals surface area contributed by atoms with E-state index in [1.54, 1.807) is 0 Å². The summed E-state index contributed by atoms with van der Waals surface area (Å²) in [5, 5.41) is 0. The minimum absolute atomic E-state index is 0.0827. The molecule has 0 aliphatic carbocycles. The van der Waals surface area contributed by atoms with Crippen molar-refractivity contribution in [1.82, 2.24) is 0 Å². The average Bonchev–Trinajstić information content (AvgIpc) is 3.27. The van der Waals surface area contributed by atoms with E-state index in [1.165, 1.54) is 193 Å². The second kappa shape index (κ2) is 53.5. The van der Waals surface area contributed by atoms with E-state index in [2.05, 4.69) is 57.2 Å². The van der Waals surface area contributed by atoms with Gasteiger partial charge in [0.25, 0.3) is 0 Å². The molecule has 0 fully saturated rings. The van der Waals surface area contributed by atoms with Gasteiger partial charge in [-0.1, -0.05) is 263 Å². The number of hydrogen-bond donors (Lipinski definition) is 0. The van der Waals surface area contributed by atoms with Crippen molar-refractivity contribution in [1.29, 1.82) is 0 Å². The predicted octanol–water partition coefficient (Wildman–Crippen LogP) is 18.6. The third-order valence-electron chi connectivity index (χ3n) is 12.2. The van der Waals surface area contributed by atoms with Crippen LogP contribution in [-0.2, 0) is 23.8 Å². The number of allylic oxidation sites excluding steroid dienone is 6. The van der Waals surface area contributed by atoms with Gasteiger partial charge in [-0.2, -0.15) is 0 Å². The molecule has 0 aliphatic rings. The molecule has 0 amide bonds. The predicted molar refractivity (Wildman–Crippen MR) is 270 cm³/mol. The van der Waals surface area contributed by atoms with Crippen LogP contribution in [-0.4, -0.2) is 37.9 Å². The molecule has 5 heteroatoms. The van der Waals surface area contributed by atoms with E-state index in [1.807, 2.05) is 0 Å². The zero-order valence-electron chi connectivity index (χ0n) is 41.9. The number of unbranched alkanes of at least 4 members (excludes halogenated alkanes) is 34. The second-order valence-corrected chi connectivity index (χ2v) is 18.5. The van der Waals surface area contributed by atoms with Gasteiger partial charge in [0.2, 0.25) is 0 Å². The first-order chi connectivity index (χ1) is 30.6. The summed E-state index contributed by atoms with van der Waals surface area (Å²) in [6.45, 7) is 7.76. The molecule has 0 heterocycles. The molecule has 0 radical (unpaired) electrons. The lowest BCUT2D eigenvalue weighted by Crippen LogP contribution is -2.30. The van der Waals surface area contributed by atoms with Gasteiger partial charge in [0.15, 0.2) is 6.10 Å². The highest BCUT2D eigenvalue weighted by atomic mass is 16.6. The van der Waals surface area contributed by atoms with E-state index in [-0.39, 0.29) is 25.2 Å². The van der Waals surface area contributed by atoms with E-state index in [9.17, 15) is 9.59 Å². The van der Waals surface area contributed by atoms with E-state index in [4.69, 9.17) is 14.2 Å². The summed E-state index contributed by atoms with van der Waals surface area (Å²) < 4.78 is 17.5. The topological polar surface area (TPSA) is 61.8 Å². The van der Waals surface area contributed by atoms with Crippen molar-refractivity contribution in [2.45, 2.75) is 297 Å². The van der Waals surface area contributed by atoms with E-state index in [0.717, 1.165) is 64.2 Å². The molecule has 0 bridgehead atoms. The molecule has 62 heavy (non-hydrogen) atoms. The first-order valence-electron chi connectivity index (χ1n) is 27.5. The SMILES string of the molecule is CC/C=C\C/C=C\C/C=C\CCCCCCCC(=O)OCC(COCCCCCCCCCCCCCCCCCC)OC(=O)CCCCCCCCCCCCCCCCC. The number of carbonyl (C=O) groups is 2. The van der Waals surface area contributed by atoms with E-state index in [0.29, 0.717) is 19.4 Å². The van der Waals surface area contributed by atoms with Crippen molar-refractivity contribution in [3.63, 3.8) is 0 Å². The summed E-state index contributed by atoms with van der Waals surface area (Å²) in [5.74, 6) is -0.398. The third-order valence-corrected chi connectivity index (χ3v) is 12.2. The van der Waals surface area contributed by atoms with Crippen molar-refractivity contribution < 1.29 is 23.8 Å². The number of hydrogen-bond acceptors (Lipinski definition) is 5. The normalized spacial score (nSPS) is 12.4. The lowest BCUT2D eigenvalue weighted by molar-refractivity contribution is -0.163. The summed E-state index contributed by atoms with van der Waals surface area (Å²) in [7, 11) is 0. The summed E-state index contributed by atoms with van der Waals surface area (Å²) >= 11 is 0.